The standard InChI is InChI=1S/C12H19NS/c1-3-4-7-14-12-6-5-10(2)8-11(12)9-13/h5-6,8H,3-4,7,9,13H2,1-2H3. The predicted octanol–water partition coefficient (Wildman–Crippen LogP) is 3.35. The smallest absolute Gasteiger partial charge is 0.0189 e. The third-order valence-electron chi connectivity index (χ3n) is 2.19. The van der Waals surface area contributed by atoms with Crippen molar-refractivity contribution in [2.75, 3.05) is 5.75 Å². The van der Waals surface area contributed by atoms with Crippen molar-refractivity contribution in [1.29, 1.82) is 0 Å². The van der Waals surface area contributed by atoms with Gasteiger partial charge < -0.3 is 5.73 Å². The van der Waals surface area contributed by atoms with Gasteiger partial charge in [-0.15, -0.1) is 11.8 Å². The Kier molecular flexibility index (Phi) is 5.05. The third kappa shape index (κ3) is 3.35. The molecule has 0 unspecified atom stereocenters. The second kappa shape index (κ2) is 6.10. The van der Waals surface area contributed by atoms with Crippen LogP contribution in [0.1, 0.15) is 30.9 Å². The van der Waals surface area contributed by atoms with Gasteiger partial charge in [-0.1, -0.05) is 31.0 Å². The molecule has 1 rings (SSSR count). The highest BCUT2D eigenvalue weighted by molar-refractivity contribution is 7.99. The molecule has 0 saturated heterocycles. The average molecular weight is 209 g/mol. The molecule has 14 heavy (non-hydrogen) atoms. The van der Waals surface area contributed by atoms with Crippen molar-refractivity contribution >= 4 is 11.8 Å². The van der Waals surface area contributed by atoms with Crippen LogP contribution in [0.2, 0.25) is 0 Å². The number of aryl methyl sites for hydroxylation is 1. The maximum Gasteiger partial charge on any atom is 0.0189 e. The Hall–Kier alpha value is -0.470. The van der Waals surface area contributed by atoms with Crippen LogP contribution < -0.4 is 5.73 Å². The minimum absolute atomic E-state index is 0.649. The number of unbranched alkanes of at least 4 members (excludes halogenated alkanes) is 1. The highest BCUT2D eigenvalue weighted by Gasteiger charge is 2.01. The highest BCUT2D eigenvalue weighted by atomic mass is 32.2. The fourth-order valence-corrected chi connectivity index (χ4v) is 2.48. The van der Waals surface area contributed by atoms with E-state index in [1.165, 1.54) is 34.6 Å². The van der Waals surface area contributed by atoms with E-state index in [9.17, 15) is 0 Å². The van der Waals surface area contributed by atoms with Crippen LogP contribution in [0.3, 0.4) is 0 Å². The lowest BCUT2D eigenvalue weighted by Crippen LogP contribution is -1.99. The molecule has 0 spiro atoms. The van der Waals surface area contributed by atoms with Gasteiger partial charge in [-0.3, -0.25) is 0 Å². The van der Waals surface area contributed by atoms with Gasteiger partial charge in [-0.25, -0.2) is 0 Å². The minimum atomic E-state index is 0.649. The predicted molar refractivity (Wildman–Crippen MR) is 64.7 cm³/mol. The summed E-state index contributed by atoms with van der Waals surface area (Å²) in [7, 11) is 0. The second-order valence-corrected chi connectivity index (χ2v) is 4.65. The summed E-state index contributed by atoms with van der Waals surface area (Å²) < 4.78 is 0. The second-order valence-electron chi connectivity index (χ2n) is 3.52. The first kappa shape index (κ1) is 11.6. The molecule has 0 heterocycles. The first-order chi connectivity index (χ1) is 6.77. The summed E-state index contributed by atoms with van der Waals surface area (Å²) in [5.41, 5.74) is 8.29. The van der Waals surface area contributed by atoms with Crippen molar-refractivity contribution in [3.63, 3.8) is 0 Å². The molecular formula is C12H19NS. The molecule has 0 aromatic heterocycles. The first-order valence-corrected chi connectivity index (χ1v) is 6.19. The van der Waals surface area contributed by atoms with Gasteiger partial charge in [0.05, 0.1) is 0 Å². The Morgan fingerprint density at radius 3 is 2.79 bits per heavy atom. The molecule has 0 bridgehead atoms. The van der Waals surface area contributed by atoms with Gasteiger partial charge in [-0.2, -0.15) is 0 Å². The molecule has 0 amide bonds. The molecule has 0 aliphatic carbocycles. The lowest BCUT2D eigenvalue weighted by atomic mass is 10.1. The number of thioether (sulfide) groups is 1. The lowest BCUT2D eigenvalue weighted by molar-refractivity contribution is 0.895. The summed E-state index contributed by atoms with van der Waals surface area (Å²) in [5.74, 6) is 1.20. The Morgan fingerprint density at radius 1 is 1.36 bits per heavy atom. The maximum atomic E-state index is 5.71. The highest BCUT2D eigenvalue weighted by Crippen LogP contribution is 2.24. The number of hydrogen-bond acceptors (Lipinski definition) is 2. The molecule has 1 aromatic rings. The minimum Gasteiger partial charge on any atom is -0.326 e. The Morgan fingerprint density at radius 2 is 2.14 bits per heavy atom. The third-order valence-corrected chi connectivity index (χ3v) is 3.39. The van der Waals surface area contributed by atoms with Crippen LogP contribution >= 0.6 is 11.8 Å². The van der Waals surface area contributed by atoms with Gasteiger partial charge in [-0.05, 0) is 30.7 Å². The first-order valence-electron chi connectivity index (χ1n) is 5.20. The maximum absolute atomic E-state index is 5.71. The Bertz CT molecular complexity index is 284. The fraction of sp³-hybridized carbons (Fsp3) is 0.500. The lowest BCUT2D eigenvalue weighted by Gasteiger charge is -2.07. The van der Waals surface area contributed by atoms with E-state index in [2.05, 4.69) is 32.0 Å². The molecule has 2 heteroatoms. The molecular weight excluding hydrogens is 190 g/mol. The normalized spacial score (nSPS) is 10.5. The molecule has 0 aliphatic rings. The van der Waals surface area contributed by atoms with Crippen LogP contribution in [0.15, 0.2) is 23.1 Å². The Balaban J connectivity index is 2.65. The van der Waals surface area contributed by atoms with Crippen molar-refractivity contribution in [3.8, 4) is 0 Å². The van der Waals surface area contributed by atoms with E-state index in [-0.39, 0.29) is 0 Å². The van der Waals surface area contributed by atoms with Gasteiger partial charge in [0, 0.05) is 11.4 Å². The van der Waals surface area contributed by atoms with Crippen molar-refractivity contribution in [3.05, 3.63) is 29.3 Å². The molecule has 0 radical (unpaired) electrons. The number of rotatable bonds is 5. The van der Waals surface area contributed by atoms with Crippen LogP contribution in [0, 0.1) is 6.92 Å². The van der Waals surface area contributed by atoms with E-state index in [4.69, 9.17) is 5.73 Å². The van der Waals surface area contributed by atoms with Gasteiger partial charge in [0.15, 0.2) is 0 Å². The van der Waals surface area contributed by atoms with E-state index in [1.807, 2.05) is 11.8 Å². The van der Waals surface area contributed by atoms with Crippen LogP contribution in [0.5, 0.6) is 0 Å². The van der Waals surface area contributed by atoms with E-state index in [0.29, 0.717) is 6.54 Å². The zero-order valence-corrected chi connectivity index (χ0v) is 9.86. The summed E-state index contributed by atoms with van der Waals surface area (Å²) in [6.45, 7) is 4.98. The van der Waals surface area contributed by atoms with Crippen molar-refractivity contribution in [2.24, 2.45) is 5.73 Å². The quantitative estimate of drug-likeness (QED) is 0.594. The van der Waals surface area contributed by atoms with Crippen molar-refractivity contribution in [2.45, 2.75) is 38.1 Å². The molecule has 0 atom stereocenters. The number of hydrogen-bond donors (Lipinski definition) is 1. The Labute approximate surface area is 91.1 Å². The van der Waals surface area contributed by atoms with Crippen LogP contribution in [-0.4, -0.2) is 5.75 Å². The molecule has 1 aromatic carbocycles. The van der Waals surface area contributed by atoms with Gasteiger partial charge in [0.1, 0.15) is 0 Å². The topological polar surface area (TPSA) is 26.0 Å². The summed E-state index contributed by atoms with van der Waals surface area (Å²) >= 11 is 1.92. The van der Waals surface area contributed by atoms with Crippen molar-refractivity contribution in [1.82, 2.24) is 0 Å². The SMILES string of the molecule is CCCCSc1ccc(C)cc1CN. The van der Waals surface area contributed by atoms with E-state index < -0.39 is 0 Å². The van der Waals surface area contributed by atoms with Gasteiger partial charge in [0.2, 0.25) is 0 Å². The van der Waals surface area contributed by atoms with Crippen LogP contribution in [0.25, 0.3) is 0 Å². The molecule has 0 aliphatic heterocycles. The summed E-state index contributed by atoms with van der Waals surface area (Å²) in [6, 6.07) is 6.54. The molecule has 1 nitrogen and oxygen atoms in total. The zero-order valence-electron chi connectivity index (χ0n) is 9.05. The largest absolute Gasteiger partial charge is 0.326 e. The summed E-state index contributed by atoms with van der Waals surface area (Å²) in [5, 5.41) is 0. The summed E-state index contributed by atoms with van der Waals surface area (Å²) in [4.78, 5) is 1.35. The van der Waals surface area contributed by atoms with Gasteiger partial charge >= 0.3 is 0 Å². The van der Waals surface area contributed by atoms with E-state index in [0.717, 1.165) is 0 Å². The van der Waals surface area contributed by atoms with Gasteiger partial charge in [0.25, 0.3) is 0 Å². The number of nitrogens with two attached hydrogens (primary N) is 1. The monoisotopic (exact) mass is 209 g/mol. The molecule has 78 valence electrons. The average Bonchev–Trinajstić information content (AvgIpc) is 2.20. The number of benzene rings is 1. The van der Waals surface area contributed by atoms with Crippen molar-refractivity contribution < 1.29 is 0 Å². The summed E-state index contributed by atoms with van der Waals surface area (Å²) in [6.07, 6.45) is 2.54. The van der Waals surface area contributed by atoms with E-state index in [1.54, 1.807) is 0 Å². The molecule has 2 N–H and O–H groups in total. The molecule has 0 saturated carbocycles. The van der Waals surface area contributed by atoms with Crippen LogP contribution in [0.4, 0.5) is 0 Å². The van der Waals surface area contributed by atoms with Crippen LogP contribution in [-0.2, 0) is 6.54 Å². The molecule has 0 fully saturated rings. The van der Waals surface area contributed by atoms with E-state index >= 15 is 0 Å². The zero-order chi connectivity index (χ0) is 10.4. The fourth-order valence-electron chi connectivity index (χ4n) is 1.34.